The molecule has 1 N–H and O–H groups in total. The highest BCUT2D eigenvalue weighted by molar-refractivity contribution is 5.93. The molecule has 0 saturated carbocycles. The molecule has 0 spiro atoms. The van der Waals surface area contributed by atoms with Gasteiger partial charge >= 0.3 is 0 Å². The second-order valence-electron chi connectivity index (χ2n) is 6.08. The first kappa shape index (κ1) is 17.0. The third-order valence-electron chi connectivity index (χ3n) is 3.97. The molecule has 130 valence electrons. The molecule has 0 unspecified atom stereocenters. The minimum absolute atomic E-state index is 0.0573. The fourth-order valence-electron chi connectivity index (χ4n) is 2.57. The van der Waals surface area contributed by atoms with Crippen LogP contribution in [0.2, 0.25) is 0 Å². The topological polar surface area (TPSA) is 71.5 Å². The smallest absolute Gasteiger partial charge is 0.273 e. The van der Waals surface area contributed by atoms with Crippen molar-refractivity contribution in [3.8, 4) is 11.3 Å². The first-order valence-corrected chi connectivity index (χ1v) is 8.07. The molecule has 6 nitrogen and oxygen atoms in total. The lowest BCUT2D eigenvalue weighted by molar-refractivity contribution is 0.0930. The summed E-state index contributed by atoms with van der Waals surface area (Å²) in [6.45, 7) is 2.31. The van der Waals surface area contributed by atoms with Crippen LogP contribution in [0.1, 0.15) is 28.1 Å². The third-order valence-corrected chi connectivity index (χ3v) is 3.97. The van der Waals surface area contributed by atoms with Gasteiger partial charge in [-0.1, -0.05) is 35.5 Å². The molecule has 2 heterocycles. The maximum absolute atomic E-state index is 12.4. The average molecular weight is 339 g/mol. The van der Waals surface area contributed by atoms with Crippen molar-refractivity contribution in [1.29, 1.82) is 0 Å². The summed E-state index contributed by atoms with van der Waals surface area (Å²) in [7, 11) is 3.89. The number of carbonyl (C=O) groups is 1. The Kier molecular flexibility index (Phi) is 5.00. The lowest BCUT2D eigenvalue weighted by Gasteiger charge is -2.22. The molecule has 2 aromatic heterocycles. The lowest BCUT2D eigenvalue weighted by atomic mass is 10.1. The molecule has 1 aromatic carbocycles. The highest BCUT2D eigenvalue weighted by atomic mass is 16.5. The van der Waals surface area contributed by atoms with Gasteiger partial charge in [-0.2, -0.15) is 0 Å². The Labute approximate surface area is 146 Å². The number of furan rings is 1. The van der Waals surface area contributed by atoms with E-state index in [1.54, 1.807) is 6.07 Å². The second-order valence-corrected chi connectivity index (χ2v) is 6.08. The van der Waals surface area contributed by atoms with Crippen molar-refractivity contribution >= 4 is 5.91 Å². The Morgan fingerprint density at radius 1 is 1.20 bits per heavy atom. The van der Waals surface area contributed by atoms with Gasteiger partial charge in [0.05, 0.1) is 6.04 Å². The molecule has 3 rings (SSSR count). The number of rotatable bonds is 6. The molecule has 0 radical (unpaired) electrons. The van der Waals surface area contributed by atoms with E-state index in [1.807, 2.05) is 68.4 Å². The number of nitrogens with zero attached hydrogens (tertiary/aromatic N) is 2. The minimum Gasteiger partial charge on any atom is -0.465 e. The van der Waals surface area contributed by atoms with Crippen molar-refractivity contribution in [2.24, 2.45) is 0 Å². The molecule has 0 saturated heterocycles. The third kappa shape index (κ3) is 3.97. The summed E-state index contributed by atoms with van der Waals surface area (Å²) in [4.78, 5) is 14.4. The summed E-state index contributed by atoms with van der Waals surface area (Å²) in [5, 5.41) is 6.76. The van der Waals surface area contributed by atoms with Crippen molar-refractivity contribution in [3.63, 3.8) is 0 Å². The van der Waals surface area contributed by atoms with E-state index in [0.29, 0.717) is 12.3 Å². The summed E-state index contributed by atoms with van der Waals surface area (Å²) >= 11 is 0. The fourth-order valence-corrected chi connectivity index (χ4v) is 2.57. The molecule has 6 heteroatoms. The van der Waals surface area contributed by atoms with Crippen LogP contribution in [0, 0.1) is 6.92 Å². The van der Waals surface area contributed by atoms with E-state index in [2.05, 4.69) is 10.5 Å². The van der Waals surface area contributed by atoms with Gasteiger partial charge in [0.25, 0.3) is 5.91 Å². The number of likely N-dealkylation sites (N-methyl/N-ethyl adjacent to an activating group) is 1. The number of hydrogen-bond acceptors (Lipinski definition) is 5. The largest absolute Gasteiger partial charge is 0.465 e. The monoisotopic (exact) mass is 339 g/mol. The van der Waals surface area contributed by atoms with E-state index in [-0.39, 0.29) is 17.6 Å². The van der Waals surface area contributed by atoms with Crippen LogP contribution >= 0.6 is 0 Å². The Morgan fingerprint density at radius 2 is 1.96 bits per heavy atom. The van der Waals surface area contributed by atoms with Gasteiger partial charge in [-0.15, -0.1) is 0 Å². The molecule has 0 fully saturated rings. The maximum Gasteiger partial charge on any atom is 0.273 e. The number of carbonyl (C=O) groups excluding carboxylic acids is 1. The zero-order valence-electron chi connectivity index (χ0n) is 14.5. The first-order valence-electron chi connectivity index (χ1n) is 8.07. The van der Waals surface area contributed by atoms with Crippen LogP contribution in [0.5, 0.6) is 0 Å². The highest BCUT2D eigenvalue weighted by Gasteiger charge is 2.20. The molecule has 0 aliphatic carbocycles. The van der Waals surface area contributed by atoms with Crippen molar-refractivity contribution in [2.45, 2.75) is 13.0 Å². The standard InChI is InChI=1S/C19H21N3O3/c1-13-9-10-17(24-13)16(22(2)3)12-20-19(23)15-11-18(25-21-15)14-7-5-4-6-8-14/h4-11,16H,12H2,1-3H3,(H,20,23)/t16-/m1/s1. The van der Waals surface area contributed by atoms with Crippen molar-refractivity contribution in [2.75, 3.05) is 20.6 Å². The molecule has 1 atom stereocenters. The molecule has 25 heavy (non-hydrogen) atoms. The van der Waals surface area contributed by atoms with Gasteiger partial charge in [-0.3, -0.25) is 9.69 Å². The SMILES string of the molecule is Cc1ccc([C@@H](CNC(=O)c2cc(-c3ccccc3)on2)N(C)C)o1. The molecule has 1 amide bonds. The van der Waals surface area contributed by atoms with E-state index in [4.69, 9.17) is 8.94 Å². The molecule has 0 bridgehead atoms. The van der Waals surface area contributed by atoms with Crippen molar-refractivity contribution < 1.29 is 13.7 Å². The van der Waals surface area contributed by atoms with Gasteiger partial charge in [0, 0.05) is 18.2 Å². The van der Waals surface area contributed by atoms with E-state index in [0.717, 1.165) is 17.1 Å². The second kappa shape index (κ2) is 7.36. The summed E-state index contributed by atoms with van der Waals surface area (Å²) in [5.41, 5.74) is 1.14. The molecular weight excluding hydrogens is 318 g/mol. The van der Waals surface area contributed by atoms with E-state index >= 15 is 0 Å². The van der Waals surface area contributed by atoms with Crippen LogP contribution in [-0.4, -0.2) is 36.6 Å². The van der Waals surface area contributed by atoms with E-state index < -0.39 is 0 Å². The zero-order valence-corrected chi connectivity index (χ0v) is 14.5. The zero-order chi connectivity index (χ0) is 17.8. The normalized spacial score (nSPS) is 12.3. The minimum atomic E-state index is -0.277. The van der Waals surface area contributed by atoms with Gasteiger partial charge in [-0.05, 0) is 33.2 Å². The average Bonchev–Trinajstić information content (AvgIpc) is 3.25. The van der Waals surface area contributed by atoms with Crippen LogP contribution in [0.3, 0.4) is 0 Å². The predicted molar refractivity (Wildman–Crippen MR) is 94.1 cm³/mol. The number of benzene rings is 1. The first-order chi connectivity index (χ1) is 12.0. The van der Waals surface area contributed by atoms with Crippen LogP contribution in [0.4, 0.5) is 0 Å². The lowest BCUT2D eigenvalue weighted by Crippen LogP contribution is -2.34. The summed E-state index contributed by atoms with van der Waals surface area (Å²) in [6.07, 6.45) is 0. The number of aryl methyl sites for hydroxylation is 1. The number of aromatic nitrogens is 1. The number of nitrogens with one attached hydrogen (secondary N) is 1. The number of hydrogen-bond donors (Lipinski definition) is 1. The molecule has 3 aromatic rings. The maximum atomic E-state index is 12.4. The van der Waals surface area contributed by atoms with Crippen LogP contribution in [-0.2, 0) is 0 Å². The Balaban J connectivity index is 1.67. The van der Waals surface area contributed by atoms with Gasteiger partial charge in [-0.25, -0.2) is 0 Å². The van der Waals surface area contributed by atoms with Gasteiger partial charge in [0.1, 0.15) is 11.5 Å². The van der Waals surface area contributed by atoms with Gasteiger partial charge in [0.2, 0.25) is 0 Å². The van der Waals surface area contributed by atoms with E-state index in [9.17, 15) is 4.79 Å². The quantitative estimate of drug-likeness (QED) is 0.746. The van der Waals surface area contributed by atoms with Crippen molar-refractivity contribution in [1.82, 2.24) is 15.4 Å². The Hall–Kier alpha value is -2.86. The molecular formula is C19H21N3O3. The summed E-state index contributed by atoms with van der Waals surface area (Å²) in [5.74, 6) is 1.95. The van der Waals surface area contributed by atoms with Gasteiger partial charge in [0.15, 0.2) is 11.5 Å². The van der Waals surface area contributed by atoms with Crippen molar-refractivity contribution in [3.05, 3.63) is 65.7 Å². The summed E-state index contributed by atoms with van der Waals surface area (Å²) in [6, 6.07) is 15.0. The number of amides is 1. The summed E-state index contributed by atoms with van der Waals surface area (Å²) < 4.78 is 11.0. The van der Waals surface area contributed by atoms with E-state index in [1.165, 1.54) is 0 Å². The van der Waals surface area contributed by atoms with Crippen LogP contribution in [0.25, 0.3) is 11.3 Å². The van der Waals surface area contributed by atoms with Crippen LogP contribution < -0.4 is 5.32 Å². The van der Waals surface area contributed by atoms with Crippen LogP contribution in [0.15, 0.2) is 57.5 Å². The molecule has 0 aliphatic rings. The van der Waals surface area contributed by atoms with Gasteiger partial charge < -0.3 is 14.3 Å². The predicted octanol–water partition coefficient (Wildman–Crippen LogP) is 3.28. The Morgan fingerprint density at radius 3 is 2.60 bits per heavy atom. The Bertz CT molecular complexity index is 836. The molecule has 0 aliphatic heterocycles. The highest BCUT2D eigenvalue weighted by Crippen LogP contribution is 2.21. The fraction of sp³-hybridized carbons (Fsp3) is 0.263.